The molecule has 2 aromatic carbocycles. The summed E-state index contributed by atoms with van der Waals surface area (Å²) in [4.78, 5) is 15.9. The molecule has 0 aliphatic carbocycles. The number of benzene rings is 2. The van der Waals surface area contributed by atoms with Gasteiger partial charge in [-0.05, 0) is 60.2 Å². The fraction of sp³-hybridized carbons (Fsp3) is 0.0476. The number of rotatable bonds is 7. The minimum Gasteiger partial charge on any atom is -0.455 e. The first kappa shape index (κ1) is 19.1. The van der Waals surface area contributed by atoms with Crippen LogP contribution in [0.1, 0.15) is 5.56 Å². The highest BCUT2D eigenvalue weighted by Gasteiger charge is 2.17. The number of ether oxygens (including phenoxy) is 1. The number of carbonyl (C=O) groups is 1. The molecule has 0 unspecified atom stereocenters. The number of pyridine rings is 1. The van der Waals surface area contributed by atoms with Gasteiger partial charge in [-0.1, -0.05) is 12.6 Å². The third kappa shape index (κ3) is 4.72. The second kappa shape index (κ2) is 8.79. The Hall–Kier alpha value is -3.71. The number of halogens is 1. The van der Waals surface area contributed by atoms with Crippen LogP contribution in [0.15, 0.2) is 79.6 Å². The second-order valence-corrected chi connectivity index (χ2v) is 5.81. The number of aromatic nitrogens is 1. The number of nitrogens with one attached hydrogen (secondary N) is 1. The maximum absolute atomic E-state index is 13.1. The molecule has 0 bridgehead atoms. The number of nitrogens with zero attached hydrogens (tertiary/aromatic N) is 2. The van der Waals surface area contributed by atoms with E-state index in [9.17, 15) is 14.4 Å². The van der Waals surface area contributed by atoms with Crippen LogP contribution < -0.4 is 15.1 Å². The molecule has 28 heavy (non-hydrogen) atoms. The third-order valence-corrected chi connectivity index (χ3v) is 3.83. The molecule has 2 N–H and O–H groups in total. The van der Waals surface area contributed by atoms with Crippen molar-refractivity contribution >= 4 is 17.3 Å². The number of hydrogen-bond donors (Lipinski definition) is 2. The lowest BCUT2D eigenvalue weighted by Gasteiger charge is -2.19. The van der Waals surface area contributed by atoms with E-state index in [1.807, 2.05) is 12.1 Å². The first-order chi connectivity index (χ1) is 13.6. The largest absolute Gasteiger partial charge is 0.455 e. The number of amides is 1. The standard InChI is InChI=1S/C21H18FN3O3/c1-2-21(26)25(27)19-12-17(24-14-15-4-3-11-23-13-15)7-10-20(19)28-18-8-5-16(22)6-9-18/h2-13,24,27H,1,14H2. The predicted octanol–water partition coefficient (Wildman–Crippen LogP) is 4.53. The van der Waals surface area contributed by atoms with Gasteiger partial charge in [0.05, 0.1) is 0 Å². The Bertz CT molecular complexity index is 962. The Balaban J connectivity index is 1.86. The van der Waals surface area contributed by atoms with Crippen LogP contribution in [-0.2, 0) is 11.3 Å². The summed E-state index contributed by atoms with van der Waals surface area (Å²) in [5.41, 5.74) is 1.74. The van der Waals surface area contributed by atoms with Gasteiger partial charge in [0.25, 0.3) is 5.91 Å². The molecule has 1 amide bonds. The van der Waals surface area contributed by atoms with Crippen LogP contribution in [0.4, 0.5) is 15.8 Å². The molecule has 7 heteroatoms. The van der Waals surface area contributed by atoms with Crippen LogP contribution in [0, 0.1) is 5.82 Å². The molecule has 3 rings (SSSR count). The summed E-state index contributed by atoms with van der Waals surface area (Å²) in [5.74, 6) is -0.532. The van der Waals surface area contributed by atoms with Gasteiger partial charge in [-0.15, -0.1) is 0 Å². The Labute approximate surface area is 161 Å². The van der Waals surface area contributed by atoms with Gasteiger partial charge in [-0.25, -0.2) is 4.39 Å². The van der Waals surface area contributed by atoms with Crippen LogP contribution in [0.25, 0.3) is 0 Å². The number of hydroxylamine groups is 1. The SMILES string of the molecule is C=CC(=O)N(O)c1cc(NCc2cccnc2)ccc1Oc1ccc(F)cc1. The number of hydrogen-bond acceptors (Lipinski definition) is 5. The summed E-state index contributed by atoms with van der Waals surface area (Å²) in [5, 5.41) is 13.9. The molecule has 3 aromatic rings. The minimum atomic E-state index is -0.714. The zero-order valence-corrected chi connectivity index (χ0v) is 14.9. The van der Waals surface area contributed by atoms with E-state index in [0.29, 0.717) is 23.0 Å². The van der Waals surface area contributed by atoms with Gasteiger partial charge in [0, 0.05) is 24.6 Å². The van der Waals surface area contributed by atoms with Gasteiger partial charge in [-0.3, -0.25) is 15.0 Å². The highest BCUT2D eigenvalue weighted by molar-refractivity contribution is 6.00. The first-order valence-electron chi connectivity index (χ1n) is 8.42. The lowest BCUT2D eigenvalue weighted by molar-refractivity contribution is -0.118. The van der Waals surface area contributed by atoms with E-state index in [4.69, 9.17) is 4.74 Å². The molecule has 0 saturated heterocycles. The van der Waals surface area contributed by atoms with E-state index in [1.165, 1.54) is 24.3 Å². The molecule has 0 fully saturated rings. The fourth-order valence-electron chi connectivity index (χ4n) is 2.42. The Morgan fingerprint density at radius 3 is 2.71 bits per heavy atom. The van der Waals surface area contributed by atoms with Crippen LogP contribution in [0.2, 0.25) is 0 Å². The van der Waals surface area contributed by atoms with Crippen LogP contribution in [-0.4, -0.2) is 16.1 Å². The average molecular weight is 379 g/mol. The van der Waals surface area contributed by atoms with Crippen molar-refractivity contribution in [3.8, 4) is 11.5 Å². The summed E-state index contributed by atoms with van der Waals surface area (Å²) in [6.07, 6.45) is 4.41. The summed E-state index contributed by atoms with van der Waals surface area (Å²) in [7, 11) is 0. The maximum Gasteiger partial charge on any atom is 0.274 e. The third-order valence-electron chi connectivity index (χ3n) is 3.83. The molecule has 0 radical (unpaired) electrons. The lowest BCUT2D eigenvalue weighted by atomic mass is 10.2. The molecular formula is C21H18FN3O3. The van der Waals surface area contributed by atoms with Gasteiger partial charge in [0.15, 0.2) is 5.75 Å². The van der Waals surface area contributed by atoms with E-state index in [1.54, 1.807) is 30.6 Å². The van der Waals surface area contributed by atoms with Crippen molar-refractivity contribution in [2.24, 2.45) is 0 Å². The van der Waals surface area contributed by atoms with Gasteiger partial charge in [0.1, 0.15) is 17.3 Å². The molecule has 0 spiro atoms. The molecule has 0 aliphatic heterocycles. The molecular weight excluding hydrogens is 361 g/mol. The predicted molar refractivity (Wildman–Crippen MR) is 104 cm³/mol. The molecule has 142 valence electrons. The Kier molecular flexibility index (Phi) is 5.98. The normalized spacial score (nSPS) is 10.2. The number of carbonyl (C=O) groups excluding carboxylic acids is 1. The summed E-state index contributed by atoms with van der Waals surface area (Å²) in [6, 6.07) is 14.1. The smallest absolute Gasteiger partial charge is 0.274 e. The topological polar surface area (TPSA) is 74.7 Å². The summed E-state index contributed by atoms with van der Waals surface area (Å²) < 4.78 is 18.8. The highest BCUT2D eigenvalue weighted by Crippen LogP contribution is 2.34. The first-order valence-corrected chi connectivity index (χ1v) is 8.42. The lowest BCUT2D eigenvalue weighted by Crippen LogP contribution is -2.25. The Morgan fingerprint density at radius 1 is 1.25 bits per heavy atom. The summed E-state index contributed by atoms with van der Waals surface area (Å²) in [6.45, 7) is 3.88. The number of anilines is 2. The quantitative estimate of drug-likeness (QED) is 0.358. The zero-order chi connectivity index (χ0) is 19.9. The van der Waals surface area contributed by atoms with Gasteiger partial charge < -0.3 is 10.1 Å². The van der Waals surface area contributed by atoms with Crippen molar-refractivity contribution in [3.63, 3.8) is 0 Å². The second-order valence-electron chi connectivity index (χ2n) is 5.81. The monoisotopic (exact) mass is 379 g/mol. The maximum atomic E-state index is 13.1. The molecule has 1 heterocycles. The summed E-state index contributed by atoms with van der Waals surface area (Å²) >= 11 is 0. The molecule has 0 saturated carbocycles. The van der Waals surface area contributed by atoms with E-state index >= 15 is 0 Å². The van der Waals surface area contributed by atoms with Gasteiger partial charge >= 0.3 is 0 Å². The Morgan fingerprint density at radius 2 is 2.04 bits per heavy atom. The molecule has 0 aliphatic rings. The van der Waals surface area contributed by atoms with Gasteiger partial charge in [-0.2, -0.15) is 5.06 Å². The van der Waals surface area contributed by atoms with E-state index < -0.39 is 11.7 Å². The zero-order valence-electron chi connectivity index (χ0n) is 14.9. The van der Waals surface area contributed by atoms with E-state index in [0.717, 1.165) is 11.6 Å². The van der Waals surface area contributed by atoms with Crippen LogP contribution >= 0.6 is 0 Å². The molecule has 6 nitrogen and oxygen atoms in total. The van der Waals surface area contributed by atoms with Crippen molar-refractivity contribution in [1.29, 1.82) is 0 Å². The van der Waals surface area contributed by atoms with Crippen molar-refractivity contribution in [2.75, 3.05) is 10.4 Å². The van der Waals surface area contributed by atoms with Gasteiger partial charge in [0.2, 0.25) is 0 Å². The van der Waals surface area contributed by atoms with Crippen LogP contribution in [0.5, 0.6) is 11.5 Å². The molecule has 1 aromatic heterocycles. The van der Waals surface area contributed by atoms with Crippen molar-refractivity contribution in [3.05, 3.63) is 91.0 Å². The van der Waals surface area contributed by atoms with Crippen molar-refractivity contribution in [1.82, 2.24) is 4.98 Å². The van der Waals surface area contributed by atoms with Crippen molar-refractivity contribution in [2.45, 2.75) is 6.54 Å². The van der Waals surface area contributed by atoms with Crippen molar-refractivity contribution < 1.29 is 19.1 Å². The fourth-order valence-corrected chi connectivity index (χ4v) is 2.42. The average Bonchev–Trinajstić information content (AvgIpc) is 2.74. The molecule has 0 atom stereocenters. The highest BCUT2D eigenvalue weighted by atomic mass is 19.1. The minimum absolute atomic E-state index is 0.116. The van der Waals surface area contributed by atoms with E-state index in [2.05, 4.69) is 16.9 Å². The van der Waals surface area contributed by atoms with E-state index in [-0.39, 0.29) is 11.4 Å². The van der Waals surface area contributed by atoms with Crippen LogP contribution in [0.3, 0.4) is 0 Å².